The van der Waals surface area contributed by atoms with E-state index in [0.29, 0.717) is 32.1 Å². The Morgan fingerprint density at radius 3 is 0.894 bits per heavy atom. The summed E-state index contributed by atoms with van der Waals surface area (Å²) in [6.45, 7) is 4.45. The average molecular weight is 1500 g/mol. The molecule has 5 atom stereocenters. The number of allylic oxidation sites excluding steroid dienone is 23. The van der Waals surface area contributed by atoms with E-state index in [0.717, 1.165) is 122 Å². The molecule has 594 valence electrons. The molecule has 0 heterocycles. The summed E-state index contributed by atoms with van der Waals surface area (Å²) in [6.07, 6.45) is 87.3. The second-order valence-electron chi connectivity index (χ2n) is 26.3. The van der Waals surface area contributed by atoms with Crippen LogP contribution in [0.5, 0.6) is 0 Å². The highest BCUT2D eigenvalue weighted by Crippen LogP contribution is 2.45. The predicted octanol–water partition coefficient (Wildman–Crippen LogP) is 23.4. The normalized spacial score (nSPS) is 14.6. The molecule has 0 radical (unpaired) electrons. The van der Waals surface area contributed by atoms with Crippen LogP contribution in [0.15, 0.2) is 146 Å². The highest BCUT2D eigenvalue weighted by Gasteiger charge is 2.30. The van der Waals surface area contributed by atoms with Crippen LogP contribution >= 0.6 is 15.6 Å². The van der Waals surface area contributed by atoms with Gasteiger partial charge in [-0.25, -0.2) is 9.13 Å². The Balaban J connectivity index is 5.49. The van der Waals surface area contributed by atoms with E-state index in [2.05, 4.69) is 131 Å². The number of aliphatic hydroxyl groups excluding tert-OH is 1. The molecular formula is C85H142O17P2. The standard InChI is InChI=1S/C85H142O17P2/c1-5-9-13-17-21-25-29-33-37-38-39-40-44-46-50-54-58-62-66-70-83(88)96-76-81(102-85(90)72-68-64-60-56-52-48-43-36-32-28-24-20-16-12-8-4)78-100-104(93,94)98-74-79(86)73-97-103(91,92)99-77-80(101-84(89)71-67-63-59-55-51-47-42-35-31-27-23-19-15-11-7-3)75-95-82(87)69-65-61-57-53-49-45-41-34-30-26-22-18-14-10-6-2/h9-10,13-14,21-22,25-26,33-35,37,39-42,46,49-50,53,58,61-62,65,79-81,86H,5-8,11-12,15-20,23-24,27-32,36,38,43-45,47-48,51-52,54-57,59-60,63-64,66-78H2,1-4H3,(H,91,92)(H,93,94)/b13-9-,14-10-,25-21-,26-22-,37-33-,40-39-,41-34-,42-35-,50-46-,53-49-,62-58-,65-61-. The van der Waals surface area contributed by atoms with Crippen molar-refractivity contribution in [3.8, 4) is 0 Å². The van der Waals surface area contributed by atoms with Crippen molar-refractivity contribution in [2.75, 3.05) is 39.6 Å². The Morgan fingerprint density at radius 1 is 0.288 bits per heavy atom. The maximum atomic E-state index is 13.1. The smallest absolute Gasteiger partial charge is 0.462 e. The second-order valence-corrected chi connectivity index (χ2v) is 29.2. The lowest BCUT2D eigenvalue weighted by Gasteiger charge is -2.21. The van der Waals surface area contributed by atoms with Crippen LogP contribution in [-0.4, -0.2) is 96.7 Å². The molecule has 0 rings (SSSR count). The Morgan fingerprint density at radius 2 is 0.558 bits per heavy atom. The van der Waals surface area contributed by atoms with Crippen LogP contribution in [0.2, 0.25) is 0 Å². The van der Waals surface area contributed by atoms with Crippen molar-refractivity contribution in [3.63, 3.8) is 0 Å². The van der Waals surface area contributed by atoms with E-state index in [1.165, 1.54) is 103 Å². The average Bonchev–Trinajstić information content (AvgIpc) is 0.918. The number of rotatable bonds is 74. The van der Waals surface area contributed by atoms with Crippen LogP contribution in [0.4, 0.5) is 0 Å². The Hall–Kier alpha value is -5.06. The van der Waals surface area contributed by atoms with Gasteiger partial charge in [0.2, 0.25) is 0 Å². The zero-order chi connectivity index (χ0) is 76.0. The van der Waals surface area contributed by atoms with E-state index < -0.39 is 97.5 Å². The number of esters is 4. The van der Waals surface area contributed by atoms with Crippen LogP contribution in [0.25, 0.3) is 0 Å². The molecule has 0 aliphatic carbocycles. The number of unbranched alkanes of at least 4 members (excludes halogenated alkanes) is 25. The number of ether oxygens (including phenoxy) is 4. The highest BCUT2D eigenvalue weighted by molar-refractivity contribution is 7.47. The minimum atomic E-state index is -5.01. The first-order valence-electron chi connectivity index (χ1n) is 40.1. The molecule has 19 heteroatoms. The van der Waals surface area contributed by atoms with Gasteiger partial charge in [0.25, 0.3) is 0 Å². The molecular weight excluding hydrogens is 1350 g/mol. The lowest BCUT2D eigenvalue weighted by atomic mass is 10.0. The fourth-order valence-electron chi connectivity index (χ4n) is 10.3. The number of carbonyl (C=O) groups excluding carboxylic acids is 4. The third kappa shape index (κ3) is 75.2. The molecule has 0 aliphatic heterocycles. The van der Waals surface area contributed by atoms with Gasteiger partial charge in [-0.2, -0.15) is 0 Å². The van der Waals surface area contributed by atoms with Crippen molar-refractivity contribution in [2.45, 2.75) is 329 Å². The Labute approximate surface area is 630 Å². The van der Waals surface area contributed by atoms with Crippen molar-refractivity contribution < 1.29 is 80.2 Å². The Bertz CT molecular complexity index is 2540. The van der Waals surface area contributed by atoms with E-state index in [1.807, 2.05) is 36.5 Å². The van der Waals surface area contributed by atoms with Crippen LogP contribution in [0.3, 0.4) is 0 Å². The van der Waals surface area contributed by atoms with Crippen molar-refractivity contribution in [1.29, 1.82) is 0 Å². The molecule has 5 unspecified atom stereocenters. The van der Waals surface area contributed by atoms with Gasteiger partial charge >= 0.3 is 39.5 Å². The second kappa shape index (κ2) is 76.1. The number of phosphoric ester groups is 2. The van der Waals surface area contributed by atoms with Gasteiger partial charge in [0, 0.05) is 19.3 Å². The molecule has 104 heavy (non-hydrogen) atoms. The van der Waals surface area contributed by atoms with Crippen molar-refractivity contribution in [1.82, 2.24) is 0 Å². The van der Waals surface area contributed by atoms with E-state index in [4.69, 9.17) is 37.0 Å². The van der Waals surface area contributed by atoms with Gasteiger partial charge in [0.15, 0.2) is 12.2 Å². The van der Waals surface area contributed by atoms with Crippen molar-refractivity contribution in [2.24, 2.45) is 0 Å². The quantitative estimate of drug-likeness (QED) is 0.0169. The summed E-state index contributed by atoms with van der Waals surface area (Å²) >= 11 is 0. The molecule has 0 aromatic carbocycles. The molecule has 0 fully saturated rings. The number of phosphoric acid groups is 2. The van der Waals surface area contributed by atoms with Gasteiger partial charge < -0.3 is 33.8 Å². The Kier molecular flexibility index (Phi) is 72.4. The lowest BCUT2D eigenvalue weighted by Crippen LogP contribution is -2.30. The van der Waals surface area contributed by atoms with Crippen LogP contribution in [0.1, 0.15) is 310 Å². The van der Waals surface area contributed by atoms with Crippen LogP contribution in [0, 0.1) is 0 Å². The summed E-state index contributed by atoms with van der Waals surface area (Å²) < 4.78 is 68.4. The van der Waals surface area contributed by atoms with Crippen molar-refractivity contribution >= 4 is 39.5 Å². The van der Waals surface area contributed by atoms with Crippen molar-refractivity contribution in [3.05, 3.63) is 146 Å². The zero-order valence-corrected chi connectivity index (χ0v) is 66.7. The third-order valence-corrected chi connectivity index (χ3v) is 18.2. The van der Waals surface area contributed by atoms with Crippen LogP contribution < -0.4 is 0 Å². The summed E-state index contributed by atoms with van der Waals surface area (Å²) in [7, 11) is -10.0. The highest BCUT2D eigenvalue weighted by atomic mass is 31.2. The first-order chi connectivity index (χ1) is 50.7. The van der Waals surface area contributed by atoms with Gasteiger partial charge in [-0.1, -0.05) is 315 Å². The first kappa shape index (κ1) is 98.9. The maximum Gasteiger partial charge on any atom is 0.472 e. The van der Waals surface area contributed by atoms with Gasteiger partial charge in [0.1, 0.15) is 19.3 Å². The molecule has 0 aliphatic rings. The largest absolute Gasteiger partial charge is 0.472 e. The molecule has 0 saturated carbocycles. The van der Waals surface area contributed by atoms with E-state index in [1.54, 1.807) is 6.08 Å². The predicted molar refractivity (Wildman–Crippen MR) is 427 cm³/mol. The van der Waals surface area contributed by atoms with E-state index in [-0.39, 0.29) is 25.7 Å². The third-order valence-electron chi connectivity index (χ3n) is 16.3. The fourth-order valence-corrected chi connectivity index (χ4v) is 11.9. The minimum absolute atomic E-state index is 0.0326. The molecule has 17 nitrogen and oxygen atoms in total. The SMILES string of the molecule is CC/C=C\C/C=C\C/C=C\C/C=C\C/C=C\C/C=C\CCC(=O)OCC(COP(=O)(O)OCC(O)COP(=O)(O)OCC(COC(=O)C/C=C\C/C=C\C/C=C\C/C=C\C/C=C\CC)OC(=O)CCCCCCC/C=C\CCCCCCCC)OC(=O)CCCCCCCCCCCCCCCCC. The summed E-state index contributed by atoms with van der Waals surface area (Å²) in [5.41, 5.74) is 0. The summed E-state index contributed by atoms with van der Waals surface area (Å²) in [5.74, 6) is -2.43. The number of carbonyl (C=O) groups is 4. The number of hydrogen-bond donors (Lipinski definition) is 3. The number of aliphatic hydroxyl groups is 1. The monoisotopic (exact) mass is 1500 g/mol. The van der Waals surface area contributed by atoms with Gasteiger partial charge in [0.05, 0.1) is 32.8 Å². The molecule has 0 amide bonds. The zero-order valence-electron chi connectivity index (χ0n) is 64.9. The maximum absolute atomic E-state index is 13.1. The summed E-state index contributed by atoms with van der Waals surface area (Å²) in [6, 6.07) is 0. The topological polar surface area (TPSA) is 237 Å². The summed E-state index contributed by atoms with van der Waals surface area (Å²) in [5, 5.41) is 10.6. The lowest BCUT2D eigenvalue weighted by molar-refractivity contribution is -0.161. The molecule has 0 aromatic rings. The molecule has 3 N–H and O–H groups in total. The van der Waals surface area contributed by atoms with Gasteiger partial charge in [-0.3, -0.25) is 37.3 Å². The minimum Gasteiger partial charge on any atom is -0.462 e. The molecule has 0 bridgehead atoms. The van der Waals surface area contributed by atoms with Crippen LogP contribution in [-0.2, 0) is 65.4 Å². The fraction of sp³-hybridized carbons (Fsp3) is 0.671. The molecule has 0 spiro atoms. The first-order valence-corrected chi connectivity index (χ1v) is 43.1. The van der Waals surface area contributed by atoms with E-state index in [9.17, 15) is 43.2 Å². The number of hydrogen-bond acceptors (Lipinski definition) is 15. The van der Waals surface area contributed by atoms with Gasteiger partial charge in [-0.15, -0.1) is 0 Å². The van der Waals surface area contributed by atoms with E-state index >= 15 is 0 Å². The summed E-state index contributed by atoms with van der Waals surface area (Å²) in [4.78, 5) is 72.9. The molecule has 0 saturated heterocycles. The van der Waals surface area contributed by atoms with Gasteiger partial charge in [-0.05, 0) is 116 Å². The molecule has 0 aromatic heterocycles.